The summed E-state index contributed by atoms with van der Waals surface area (Å²) in [7, 11) is -3.91. The lowest BCUT2D eigenvalue weighted by Gasteiger charge is -2.43. The van der Waals surface area contributed by atoms with Crippen LogP contribution in [0.25, 0.3) is 0 Å². The van der Waals surface area contributed by atoms with Gasteiger partial charge in [-0.05, 0) is 146 Å². The molecule has 0 aromatic heterocycles. The first-order chi connectivity index (χ1) is 52.6. The van der Waals surface area contributed by atoms with Crippen molar-refractivity contribution in [2.24, 2.45) is 59.0 Å². The molecule has 1 aromatic rings. The number of nitriles is 1. The number of esters is 3. The molecule has 3 aliphatic heterocycles. The van der Waals surface area contributed by atoms with Crippen LogP contribution in [0.1, 0.15) is 243 Å². The lowest BCUT2D eigenvalue weighted by molar-refractivity contribution is -0.255. The maximum absolute atomic E-state index is 12.4. The second-order valence-corrected chi connectivity index (χ2v) is 38.5. The summed E-state index contributed by atoms with van der Waals surface area (Å²) in [6.07, 6.45) is 7.39. The summed E-state index contributed by atoms with van der Waals surface area (Å²) in [6, 6.07) is 12.6. The van der Waals surface area contributed by atoms with Gasteiger partial charge in [0.15, 0.2) is 27.2 Å². The zero-order chi connectivity index (χ0) is 85.3. The van der Waals surface area contributed by atoms with Gasteiger partial charge in [0.25, 0.3) is 8.53 Å². The van der Waals surface area contributed by atoms with Crippen molar-refractivity contribution in [3.63, 3.8) is 0 Å². The Bertz CT molecular complexity index is 2720. The predicted molar refractivity (Wildman–Crippen MR) is 436 cm³/mol. The van der Waals surface area contributed by atoms with E-state index >= 15 is 0 Å². The molecule has 0 radical (unpaired) electrons. The summed E-state index contributed by atoms with van der Waals surface area (Å²) in [5.74, 6) is 1.20. The number of amides is 2. The number of hydrogen-bond donors (Lipinski definition) is 4. The smallest absolute Gasteiger partial charge is 0.303 e. The number of nitrogens with zero attached hydrogens (tertiary/aromatic N) is 2. The Morgan fingerprint density at radius 1 is 0.586 bits per heavy atom. The first-order valence-electron chi connectivity index (χ1n) is 41.4. The minimum Gasteiger partial charge on any atom is -0.481 e. The number of nitrogens with one attached hydrogen (secondary N) is 2. The van der Waals surface area contributed by atoms with E-state index in [4.69, 9.17) is 78.3 Å². The topological polar surface area (TPSA) is 320 Å². The molecular weight excluding hydrogens is 1460 g/mol. The zero-order valence-electron chi connectivity index (χ0n) is 73.6. The average molecular weight is 1620 g/mol. The number of alkyl halides is 1. The van der Waals surface area contributed by atoms with Crippen LogP contribution < -0.4 is 16.4 Å². The number of halogens is 1. The van der Waals surface area contributed by atoms with E-state index in [1.807, 2.05) is 51.1 Å². The molecule has 3 aliphatic rings. The van der Waals surface area contributed by atoms with Gasteiger partial charge in [0.1, 0.15) is 19.8 Å². The Balaban J connectivity index is 0.00000154. The van der Waals surface area contributed by atoms with Crippen LogP contribution >= 0.6 is 8.53 Å². The van der Waals surface area contributed by atoms with Crippen LogP contribution in [0.4, 0.5) is 4.39 Å². The molecular formula is C83H153FN5O20PSi. The molecule has 0 spiro atoms. The van der Waals surface area contributed by atoms with Crippen LogP contribution in [0.5, 0.6) is 0 Å². The number of carboxylic acid groups (broad SMARTS) is 1. The molecule has 1 aromatic carbocycles. The third-order valence-electron chi connectivity index (χ3n) is 21.4. The quantitative estimate of drug-likeness (QED) is 0.0155. The van der Waals surface area contributed by atoms with E-state index in [1.54, 1.807) is 0 Å². The monoisotopic (exact) mass is 1620 g/mol. The molecule has 3 saturated heterocycles. The Morgan fingerprint density at radius 2 is 0.955 bits per heavy atom. The standard InChI is InChI=1S/C29H54N3O7P.C27H43NO6.C17H30O6.C9H23NOSi.CH3F/c1-20(2)32(21(3)4)40(37-17-13-15-30)39-22(5)18-31-28(34)14-11-10-12-16-35-29-25(8)23(6)24(7)27(38-29)19-36-26(9)33;1-19(32-17-24-12-8-6-9-13-24)16-28-26(30)14-10-7-11-15-31-27-22(4)20(2)21(3)25(34-27)18-33-23(5)29;1-11-12(2)15(10-22-14(4)18)23-17(13(11)3)21-9-7-5-6-8-16(19)20;1-8(7-10)11-12(5,6)9(2,3)4;1-2/h20-25,27,29H,10-14,16-19H2,1-9H3,(H,31,34);6,8-9,12-13,19-22,25,27H,7,10-11,14-18H2,1-5H3,(H,28,30);11-13,15,17H,5-10H2,1-4H3,(H,19,20);8H,7,10H2,1-6H3;1H3/t22?,23-,24+,25?,27?,29+,40?;19?,20-,21+,22?,25?,27+;11-,12+,13?,15?,17+;;/m000../s1/i;;;;1D. The number of nitrogens with two attached hydrogens (primary N) is 1. The Kier molecular flexibility index (Phi) is 55.9. The highest BCUT2D eigenvalue weighted by molar-refractivity contribution is 7.44. The van der Waals surface area contributed by atoms with Crippen molar-refractivity contribution < 1.29 is 100 Å². The van der Waals surface area contributed by atoms with Gasteiger partial charge < -0.3 is 82.3 Å². The average Bonchev–Trinajstić information content (AvgIpc) is 0.814. The SMILES string of the molecule is CC(=O)OCC1O[C@@H](OCCCCCC(=O)NCC(C)OCc2ccccc2)C(C)[C@@H](C)[C@H]1C.CC(=O)OCC1O[C@@H](OCCCCCC(=O)NCC(C)OP(OCCC#N)N(C(C)C)C(C)C)C(C)[C@@H](C)[C@H]1C.CC(=O)OCC1O[C@@H](OCCCCCC(=O)O)C(C)[C@@H](C)[C@H]1C.CC(CN)O[Si](C)(C)C(C)(C)C.[2H]CF. The van der Waals surface area contributed by atoms with Gasteiger partial charge >= 0.3 is 23.9 Å². The largest absolute Gasteiger partial charge is 0.481 e. The van der Waals surface area contributed by atoms with Gasteiger partial charge in [-0.25, -0.2) is 4.67 Å². The number of hydrogen-bond acceptors (Lipinski definition) is 22. The van der Waals surface area contributed by atoms with Crippen molar-refractivity contribution in [2.45, 2.75) is 328 Å². The first kappa shape index (κ1) is 105. The molecule has 0 aliphatic carbocycles. The summed E-state index contributed by atoms with van der Waals surface area (Å²) in [4.78, 5) is 68.3. The van der Waals surface area contributed by atoms with Gasteiger partial charge in [-0.15, -0.1) is 0 Å². The number of aliphatic carboxylic acids is 1. The molecule has 0 saturated carbocycles. The van der Waals surface area contributed by atoms with Crippen LogP contribution in [0.3, 0.4) is 0 Å². The highest BCUT2D eigenvalue weighted by atomic mass is 31.2. The van der Waals surface area contributed by atoms with Crippen molar-refractivity contribution in [1.82, 2.24) is 15.3 Å². The summed E-state index contributed by atoms with van der Waals surface area (Å²) in [5.41, 5.74) is 6.64. The number of rotatable bonds is 45. The fraction of sp³-hybridized carbons (Fsp3) is 0.843. The minimum absolute atomic E-state index is 0.00367. The summed E-state index contributed by atoms with van der Waals surface area (Å²) < 4.78 is 93.1. The van der Waals surface area contributed by atoms with E-state index in [2.05, 4.69) is 145 Å². The summed E-state index contributed by atoms with van der Waals surface area (Å²) >= 11 is 0. The molecule has 28 heteroatoms. The van der Waals surface area contributed by atoms with E-state index in [0.717, 1.165) is 56.9 Å². The predicted octanol–water partition coefficient (Wildman–Crippen LogP) is 15.8. The van der Waals surface area contributed by atoms with E-state index in [-0.39, 0.29) is 152 Å². The fourth-order valence-electron chi connectivity index (χ4n) is 12.3. The lowest BCUT2D eigenvalue weighted by atomic mass is 9.79. The maximum atomic E-state index is 12.4. The summed E-state index contributed by atoms with van der Waals surface area (Å²) in [6.45, 7) is 53.9. The molecule has 111 heavy (non-hydrogen) atoms. The fourth-order valence-corrected chi connectivity index (χ4v) is 15.4. The number of carbonyl (C=O) groups excluding carboxylic acids is 5. The van der Waals surface area contributed by atoms with E-state index in [0.29, 0.717) is 108 Å². The molecule has 5 N–H and O–H groups in total. The first-order valence-corrected chi connectivity index (χ1v) is 44.7. The maximum Gasteiger partial charge on any atom is 0.303 e. The van der Waals surface area contributed by atoms with Crippen molar-refractivity contribution in [3.8, 4) is 6.07 Å². The Labute approximate surface area is 672 Å². The second-order valence-electron chi connectivity index (χ2n) is 32.3. The zero-order valence-corrected chi connectivity index (χ0v) is 74.5. The molecule has 19 atom stereocenters. The summed E-state index contributed by atoms with van der Waals surface area (Å²) in [5, 5.41) is 23.7. The number of unbranched alkanes of at least 4 members (excludes halogenated alkanes) is 6. The second kappa shape index (κ2) is 59.3. The van der Waals surface area contributed by atoms with Gasteiger partial charge in [-0.3, -0.25) is 33.2 Å². The van der Waals surface area contributed by atoms with Crippen molar-refractivity contribution in [3.05, 3.63) is 35.9 Å². The van der Waals surface area contributed by atoms with Crippen LogP contribution in [0.2, 0.25) is 18.1 Å². The van der Waals surface area contributed by atoms with Gasteiger partial charge in [0.2, 0.25) is 11.8 Å². The molecule has 0 bridgehead atoms. The minimum atomic E-state index is -1.57. The van der Waals surface area contributed by atoms with Gasteiger partial charge in [0.05, 0.1) is 70.9 Å². The number of carboxylic acids is 1. The molecule has 25 nitrogen and oxygen atoms in total. The molecule has 2 amide bonds. The van der Waals surface area contributed by atoms with Crippen LogP contribution in [0, 0.1) is 64.6 Å². The lowest BCUT2D eigenvalue weighted by Crippen LogP contribution is -2.47. The van der Waals surface area contributed by atoms with E-state index in [9.17, 15) is 33.2 Å². The molecule has 10 unspecified atom stereocenters. The third kappa shape index (κ3) is 45.7. The molecule has 4 rings (SSSR count). The van der Waals surface area contributed by atoms with Crippen LogP contribution in [0.15, 0.2) is 30.3 Å². The van der Waals surface area contributed by atoms with Crippen molar-refractivity contribution in [2.75, 3.05) is 73.0 Å². The van der Waals surface area contributed by atoms with Gasteiger partial charge in [-0.1, -0.05) is 133 Å². The number of carbonyl (C=O) groups is 6. The van der Waals surface area contributed by atoms with Gasteiger partial charge in [-0.2, -0.15) is 5.26 Å². The normalized spacial score (nSPS) is 25.0. The highest BCUT2D eigenvalue weighted by Crippen LogP contribution is 2.47. The van der Waals surface area contributed by atoms with Crippen LogP contribution in [-0.4, -0.2) is 194 Å². The number of benzene rings is 1. The molecule has 3 fully saturated rings. The molecule has 3 heterocycles. The molecule has 646 valence electrons. The van der Waals surface area contributed by atoms with Gasteiger partial charge in [0, 0.05) is 109 Å². The van der Waals surface area contributed by atoms with E-state index in [1.165, 1.54) is 20.8 Å². The van der Waals surface area contributed by atoms with Crippen molar-refractivity contribution >= 4 is 52.5 Å². The highest BCUT2D eigenvalue weighted by Gasteiger charge is 2.43. The van der Waals surface area contributed by atoms with Crippen molar-refractivity contribution in [1.29, 1.82) is 5.26 Å². The Hall–Kier alpha value is -4.37. The number of ether oxygens (including phenoxy) is 10. The van der Waals surface area contributed by atoms with E-state index < -0.39 is 30.0 Å². The third-order valence-corrected chi connectivity index (χ3v) is 28.2. The van der Waals surface area contributed by atoms with Crippen LogP contribution in [-0.2, 0) is 96.2 Å². The Morgan fingerprint density at radius 3 is 1.29 bits per heavy atom.